The molecule has 1 unspecified atom stereocenters. The molecule has 2 rings (SSSR count). The second-order valence-corrected chi connectivity index (χ2v) is 5.22. The highest BCUT2D eigenvalue weighted by atomic mass is 35.5. The van der Waals surface area contributed by atoms with Gasteiger partial charge in [-0.1, -0.05) is 23.7 Å². The minimum absolute atomic E-state index is 0.0665. The van der Waals surface area contributed by atoms with Gasteiger partial charge in [0.1, 0.15) is 0 Å². The van der Waals surface area contributed by atoms with E-state index < -0.39 is 0 Å². The normalized spacial score (nSPS) is 16.9. The van der Waals surface area contributed by atoms with Crippen LogP contribution in [-0.2, 0) is 4.79 Å². The van der Waals surface area contributed by atoms with Crippen LogP contribution < -0.4 is 5.73 Å². The first kappa shape index (κ1) is 13.4. The molecule has 0 aromatic heterocycles. The summed E-state index contributed by atoms with van der Waals surface area (Å²) in [4.78, 5) is 14.0. The number of halogens is 1. The van der Waals surface area contributed by atoms with Gasteiger partial charge in [0.15, 0.2) is 0 Å². The molecule has 0 saturated carbocycles. The molecular weight excluding hydrogens is 248 g/mol. The van der Waals surface area contributed by atoms with Crippen LogP contribution in [0, 0.1) is 0 Å². The smallest absolute Gasteiger partial charge is 0.223 e. The molecule has 0 bridgehead atoms. The van der Waals surface area contributed by atoms with Gasteiger partial charge in [-0.25, -0.2) is 0 Å². The van der Waals surface area contributed by atoms with Gasteiger partial charge in [-0.2, -0.15) is 0 Å². The molecule has 18 heavy (non-hydrogen) atoms. The van der Waals surface area contributed by atoms with Crippen molar-refractivity contribution in [2.24, 2.45) is 5.73 Å². The predicted octanol–water partition coefficient (Wildman–Crippen LogP) is 2.39. The van der Waals surface area contributed by atoms with Crippen LogP contribution in [0.1, 0.15) is 30.7 Å². The van der Waals surface area contributed by atoms with E-state index in [1.165, 1.54) is 0 Å². The lowest BCUT2D eigenvalue weighted by molar-refractivity contribution is -0.130. The Kier molecular flexibility index (Phi) is 4.61. The summed E-state index contributed by atoms with van der Waals surface area (Å²) in [5.74, 6) is 0.278. The number of hydrogen-bond acceptors (Lipinski definition) is 2. The van der Waals surface area contributed by atoms with Crippen LogP contribution >= 0.6 is 11.6 Å². The lowest BCUT2D eigenvalue weighted by Gasteiger charge is -2.20. The summed E-state index contributed by atoms with van der Waals surface area (Å²) in [6, 6.07) is 7.62. The minimum atomic E-state index is 0.0665. The number of likely N-dealkylation sites (tertiary alicyclic amines) is 1. The Morgan fingerprint density at radius 1 is 1.39 bits per heavy atom. The van der Waals surface area contributed by atoms with Crippen LogP contribution in [0.4, 0.5) is 0 Å². The minimum Gasteiger partial charge on any atom is -0.343 e. The number of carbonyl (C=O) groups is 1. The van der Waals surface area contributed by atoms with Crippen molar-refractivity contribution >= 4 is 17.5 Å². The molecule has 1 aliphatic rings. The van der Waals surface area contributed by atoms with E-state index in [9.17, 15) is 4.79 Å². The second-order valence-electron chi connectivity index (χ2n) is 4.78. The molecule has 1 aromatic rings. The maximum absolute atomic E-state index is 12.1. The SMILES string of the molecule is NCC(CC(=O)N1CCCC1)c1cccc(Cl)c1. The summed E-state index contributed by atoms with van der Waals surface area (Å²) in [5.41, 5.74) is 6.84. The van der Waals surface area contributed by atoms with Crippen LogP contribution in [0.3, 0.4) is 0 Å². The first-order valence-corrected chi connectivity index (χ1v) is 6.82. The maximum atomic E-state index is 12.1. The highest BCUT2D eigenvalue weighted by Gasteiger charge is 2.22. The average Bonchev–Trinajstić information content (AvgIpc) is 2.89. The zero-order valence-electron chi connectivity index (χ0n) is 10.4. The summed E-state index contributed by atoms with van der Waals surface area (Å²) in [6.07, 6.45) is 2.73. The molecule has 1 amide bonds. The maximum Gasteiger partial charge on any atom is 0.223 e. The summed E-state index contributed by atoms with van der Waals surface area (Å²) < 4.78 is 0. The van der Waals surface area contributed by atoms with Gasteiger partial charge >= 0.3 is 0 Å². The number of nitrogens with two attached hydrogens (primary N) is 1. The number of benzene rings is 1. The van der Waals surface area contributed by atoms with Crippen molar-refractivity contribution in [3.63, 3.8) is 0 Å². The van der Waals surface area contributed by atoms with E-state index in [1.54, 1.807) is 0 Å². The van der Waals surface area contributed by atoms with E-state index in [1.807, 2.05) is 29.2 Å². The fraction of sp³-hybridized carbons (Fsp3) is 0.500. The molecule has 2 N–H and O–H groups in total. The topological polar surface area (TPSA) is 46.3 Å². The van der Waals surface area contributed by atoms with E-state index in [2.05, 4.69) is 0 Å². The van der Waals surface area contributed by atoms with Crippen molar-refractivity contribution in [3.8, 4) is 0 Å². The van der Waals surface area contributed by atoms with Gasteiger partial charge in [0.05, 0.1) is 0 Å². The third-order valence-electron chi connectivity index (χ3n) is 3.48. The molecule has 98 valence electrons. The van der Waals surface area contributed by atoms with Crippen molar-refractivity contribution in [2.75, 3.05) is 19.6 Å². The van der Waals surface area contributed by atoms with Gasteiger partial charge in [-0.15, -0.1) is 0 Å². The molecule has 1 aliphatic heterocycles. The third kappa shape index (κ3) is 3.24. The molecule has 1 heterocycles. The van der Waals surface area contributed by atoms with Gasteiger partial charge in [-0.3, -0.25) is 4.79 Å². The van der Waals surface area contributed by atoms with Crippen LogP contribution in [0.5, 0.6) is 0 Å². The van der Waals surface area contributed by atoms with Crippen molar-refractivity contribution in [1.29, 1.82) is 0 Å². The first-order valence-electron chi connectivity index (χ1n) is 6.44. The van der Waals surface area contributed by atoms with Gasteiger partial charge in [0.25, 0.3) is 0 Å². The first-order chi connectivity index (χ1) is 8.70. The van der Waals surface area contributed by atoms with Crippen molar-refractivity contribution in [1.82, 2.24) is 4.90 Å². The Bertz CT molecular complexity index is 416. The molecular formula is C14H19ClN2O. The van der Waals surface area contributed by atoms with E-state index in [0.29, 0.717) is 18.0 Å². The third-order valence-corrected chi connectivity index (χ3v) is 3.72. The zero-order chi connectivity index (χ0) is 13.0. The summed E-state index contributed by atoms with van der Waals surface area (Å²) in [5, 5.41) is 0.694. The number of rotatable bonds is 4. The van der Waals surface area contributed by atoms with Crippen LogP contribution in [0.25, 0.3) is 0 Å². The number of hydrogen-bond donors (Lipinski definition) is 1. The molecule has 0 aliphatic carbocycles. The molecule has 1 saturated heterocycles. The Labute approximate surface area is 113 Å². The van der Waals surface area contributed by atoms with E-state index >= 15 is 0 Å². The highest BCUT2D eigenvalue weighted by Crippen LogP contribution is 2.23. The van der Waals surface area contributed by atoms with Crippen LogP contribution in [0.15, 0.2) is 24.3 Å². The summed E-state index contributed by atoms with van der Waals surface area (Å²) in [7, 11) is 0. The van der Waals surface area contributed by atoms with E-state index in [4.69, 9.17) is 17.3 Å². The lowest BCUT2D eigenvalue weighted by atomic mass is 9.95. The molecule has 1 atom stereocenters. The fourth-order valence-corrected chi connectivity index (χ4v) is 2.60. The monoisotopic (exact) mass is 266 g/mol. The fourth-order valence-electron chi connectivity index (χ4n) is 2.40. The van der Waals surface area contributed by atoms with Crippen LogP contribution in [0.2, 0.25) is 5.02 Å². The molecule has 1 aromatic carbocycles. The van der Waals surface area contributed by atoms with E-state index in [-0.39, 0.29) is 11.8 Å². The van der Waals surface area contributed by atoms with Crippen molar-refractivity contribution in [3.05, 3.63) is 34.9 Å². The number of carbonyl (C=O) groups excluding carboxylic acids is 1. The van der Waals surface area contributed by atoms with Crippen molar-refractivity contribution < 1.29 is 4.79 Å². The van der Waals surface area contributed by atoms with E-state index in [0.717, 1.165) is 31.5 Å². The Balaban J connectivity index is 2.02. The van der Waals surface area contributed by atoms with Gasteiger partial charge in [0.2, 0.25) is 5.91 Å². The Morgan fingerprint density at radius 2 is 2.11 bits per heavy atom. The Morgan fingerprint density at radius 3 is 2.72 bits per heavy atom. The van der Waals surface area contributed by atoms with Crippen LogP contribution in [-0.4, -0.2) is 30.4 Å². The second kappa shape index (κ2) is 6.21. The standard InChI is InChI=1S/C14H19ClN2O/c15-13-5-3-4-11(8-13)12(10-16)9-14(18)17-6-1-2-7-17/h3-5,8,12H,1-2,6-7,9-10,16H2. The molecule has 3 nitrogen and oxygen atoms in total. The quantitative estimate of drug-likeness (QED) is 0.910. The van der Waals surface area contributed by atoms with Gasteiger partial charge in [0, 0.05) is 30.5 Å². The van der Waals surface area contributed by atoms with Gasteiger partial charge < -0.3 is 10.6 Å². The lowest BCUT2D eigenvalue weighted by Crippen LogP contribution is -2.30. The summed E-state index contributed by atoms with van der Waals surface area (Å²) >= 11 is 5.97. The average molecular weight is 267 g/mol. The molecule has 0 radical (unpaired) electrons. The predicted molar refractivity (Wildman–Crippen MR) is 73.7 cm³/mol. The Hall–Kier alpha value is -1.06. The number of amides is 1. The highest BCUT2D eigenvalue weighted by molar-refractivity contribution is 6.30. The molecule has 1 fully saturated rings. The van der Waals surface area contributed by atoms with Crippen molar-refractivity contribution in [2.45, 2.75) is 25.2 Å². The summed E-state index contributed by atoms with van der Waals surface area (Å²) in [6.45, 7) is 2.26. The largest absolute Gasteiger partial charge is 0.343 e. The molecule has 4 heteroatoms. The van der Waals surface area contributed by atoms with Gasteiger partial charge in [-0.05, 0) is 37.1 Å². The molecule has 0 spiro atoms. The number of nitrogens with zero attached hydrogens (tertiary/aromatic N) is 1. The zero-order valence-corrected chi connectivity index (χ0v) is 11.2.